The summed E-state index contributed by atoms with van der Waals surface area (Å²) in [5, 5.41) is 8.87. The Morgan fingerprint density at radius 1 is 1.00 bits per heavy atom. The number of nitrogens with one attached hydrogen (secondary N) is 2. The van der Waals surface area contributed by atoms with Crippen molar-refractivity contribution >= 4 is 29.1 Å². The van der Waals surface area contributed by atoms with E-state index in [-0.39, 0.29) is 12.3 Å². The molecule has 0 atom stereocenters. The number of carbonyl (C=O) groups excluding carboxylic acids is 2. The van der Waals surface area contributed by atoms with E-state index in [1.54, 1.807) is 12.1 Å². The fourth-order valence-electron chi connectivity index (χ4n) is 3.27. The second-order valence-electron chi connectivity index (χ2n) is 7.68. The fourth-order valence-corrected chi connectivity index (χ4v) is 4.22. The molecule has 0 radical (unpaired) electrons. The first-order valence-corrected chi connectivity index (χ1v) is 10.4. The number of hydrazine groups is 1. The number of carboxylic acids is 1. The van der Waals surface area contributed by atoms with E-state index < -0.39 is 11.9 Å². The Kier molecular flexibility index (Phi) is 7.56. The zero-order chi connectivity index (χ0) is 21.7. The smallest absolute Gasteiger partial charge is 0.303 e. The van der Waals surface area contributed by atoms with Gasteiger partial charge in [-0.15, -0.1) is 11.3 Å². The van der Waals surface area contributed by atoms with Crippen LogP contribution in [0.5, 0.6) is 0 Å². The average molecular weight is 417 g/mol. The van der Waals surface area contributed by atoms with Crippen LogP contribution in [-0.4, -0.2) is 22.9 Å². The van der Waals surface area contributed by atoms with Gasteiger partial charge >= 0.3 is 5.97 Å². The van der Waals surface area contributed by atoms with Crippen LogP contribution in [0.3, 0.4) is 0 Å². The van der Waals surface area contributed by atoms with Gasteiger partial charge in [0.15, 0.2) is 0 Å². The summed E-state index contributed by atoms with van der Waals surface area (Å²) in [6.45, 7) is 9.96. The Morgan fingerprint density at radius 2 is 1.59 bits per heavy atom. The molecule has 0 saturated heterocycles. The Bertz CT molecular complexity index is 908. The zero-order valence-corrected chi connectivity index (χ0v) is 18.3. The van der Waals surface area contributed by atoms with Crippen molar-refractivity contribution in [3.63, 3.8) is 0 Å². The van der Waals surface area contributed by atoms with Gasteiger partial charge in [-0.2, -0.15) is 0 Å². The molecule has 29 heavy (non-hydrogen) atoms. The summed E-state index contributed by atoms with van der Waals surface area (Å²) in [5.41, 5.74) is 9.16. The van der Waals surface area contributed by atoms with Crippen LogP contribution in [0.2, 0.25) is 0 Å². The van der Waals surface area contributed by atoms with Crippen molar-refractivity contribution in [1.82, 2.24) is 10.9 Å². The van der Waals surface area contributed by atoms with Crippen LogP contribution in [0.25, 0.3) is 0 Å². The molecule has 0 saturated carbocycles. The lowest BCUT2D eigenvalue weighted by atomic mass is 9.95. The van der Waals surface area contributed by atoms with Crippen LogP contribution in [0.15, 0.2) is 18.2 Å². The van der Waals surface area contributed by atoms with Crippen molar-refractivity contribution < 1.29 is 19.5 Å². The Morgan fingerprint density at radius 3 is 2.14 bits per heavy atom. The first-order chi connectivity index (χ1) is 13.6. The second-order valence-corrected chi connectivity index (χ2v) is 8.94. The van der Waals surface area contributed by atoms with Gasteiger partial charge in [0.1, 0.15) is 0 Å². The highest BCUT2D eigenvalue weighted by molar-refractivity contribution is 7.14. The molecule has 6 nitrogen and oxygen atoms in total. The third-order valence-electron chi connectivity index (χ3n) is 4.71. The van der Waals surface area contributed by atoms with Crippen LogP contribution < -0.4 is 10.9 Å². The molecule has 1 aromatic carbocycles. The zero-order valence-electron chi connectivity index (χ0n) is 17.5. The molecule has 0 fully saturated rings. The van der Waals surface area contributed by atoms with Gasteiger partial charge in [-0.05, 0) is 80.0 Å². The van der Waals surface area contributed by atoms with E-state index in [9.17, 15) is 14.4 Å². The van der Waals surface area contributed by atoms with E-state index in [0.29, 0.717) is 22.8 Å². The molecule has 0 aliphatic rings. The van der Waals surface area contributed by atoms with Crippen LogP contribution in [0.4, 0.5) is 0 Å². The monoisotopic (exact) mass is 416 g/mol. The molecule has 0 aliphatic heterocycles. The second kappa shape index (κ2) is 9.69. The molecular formula is C22H28N2O4S. The van der Waals surface area contributed by atoms with Crippen molar-refractivity contribution in [3.05, 3.63) is 55.8 Å². The summed E-state index contributed by atoms with van der Waals surface area (Å²) in [6.07, 6.45) is 1.37. The number of aliphatic carboxylic acids is 1. The number of hydrogen-bond donors (Lipinski definition) is 3. The summed E-state index contributed by atoms with van der Waals surface area (Å²) in [4.78, 5) is 37.3. The molecule has 3 N–H and O–H groups in total. The standard InChI is InChI=1S/C22H28N2O4S/c1-12(2)8-16-11-19(29-15(16)5)22(28)24-23-21(27)17-9-13(3)18(14(4)10-17)6-7-20(25)26/h9-12H,6-8H2,1-5H3,(H,23,27)(H,24,28)(H,25,26). The maximum Gasteiger partial charge on any atom is 0.303 e. The molecule has 7 heteroatoms. The van der Waals surface area contributed by atoms with Crippen molar-refractivity contribution in [2.75, 3.05) is 0 Å². The predicted octanol–water partition coefficient (Wildman–Crippen LogP) is 3.96. The van der Waals surface area contributed by atoms with Gasteiger partial charge in [0, 0.05) is 16.9 Å². The predicted molar refractivity (Wildman–Crippen MR) is 114 cm³/mol. The van der Waals surface area contributed by atoms with Gasteiger partial charge in [-0.3, -0.25) is 25.2 Å². The van der Waals surface area contributed by atoms with Crippen molar-refractivity contribution in [3.8, 4) is 0 Å². The molecular weight excluding hydrogens is 388 g/mol. The third kappa shape index (κ3) is 6.15. The number of rotatable bonds is 7. The number of benzene rings is 1. The van der Waals surface area contributed by atoms with E-state index in [4.69, 9.17) is 5.11 Å². The van der Waals surface area contributed by atoms with E-state index in [2.05, 4.69) is 24.7 Å². The molecule has 2 aromatic rings. The minimum atomic E-state index is -0.853. The highest BCUT2D eigenvalue weighted by Gasteiger charge is 2.16. The molecule has 1 heterocycles. The van der Waals surface area contributed by atoms with Crippen LogP contribution >= 0.6 is 11.3 Å². The van der Waals surface area contributed by atoms with E-state index in [1.165, 1.54) is 11.3 Å². The molecule has 0 unspecified atom stereocenters. The lowest BCUT2D eigenvalue weighted by Crippen LogP contribution is -2.41. The van der Waals surface area contributed by atoms with E-state index in [1.807, 2.05) is 26.8 Å². The van der Waals surface area contributed by atoms with Crippen molar-refractivity contribution in [1.29, 1.82) is 0 Å². The fraction of sp³-hybridized carbons (Fsp3) is 0.409. The number of thiophene rings is 1. The summed E-state index contributed by atoms with van der Waals surface area (Å²) < 4.78 is 0. The number of amides is 2. The summed E-state index contributed by atoms with van der Waals surface area (Å²) in [7, 11) is 0. The maximum atomic E-state index is 12.5. The van der Waals surface area contributed by atoms with Gasteiger partial charge in [0.2, 0.25) is 0 Å². The lowest BCUT2D eigenvalue weighted by Gasteiger charge is -2.12. The number of hydrogen-bond acceptors (Lipinski definition) is 4. The molecule has 1 aromatic heterocycles. The molecule has 2 amide bonds. The summed E-state index contributed by atoms with van der Waals surface area (Å²) >= 11 is 1.42. The van der Waals surface area contributed by atoms with Crippen molar-refractivity contribution in [2.24, 2.45) is 5.92 Å². The average Bonchev–Trinajstić information content (AvgIpc) is 2.98. The van der Waals surface area contributed by atoms with E-state index >= 15 is 0 Å². The normalized spacial score (nSPS) is 10.8. The Labute approximate surface area is 175 Å². The highest BCUT2D eigenvalue weighted by Crippen LogP contribution is 2.24. The van der Waals surface area contributed by atoms with Gasteiger partial charge in [-0.1, -0.05) is 13.8 Å². The molecule has 156 valence electrons. The maximum absolute atomic E-state index is 12.5. The van der Waals surface area contributed by atoms with Gasteiger partial charge < -0.3 is 5.11 Å². The summed E-state index contributed by atoms with van der Waals surface area (Å²) in [6, 6.07) is 5.30. The Hall–Kier alpha value is -2.67. The highest BCUT2D eigenvalue weighted by atomic mass is 32.1. The third-order valence-corrected chi connectivity index (χ3v) is 5.80. The summed E-state index contributed by atoms with van der Waals surface area (Å²) in [5.74, 6) is -1.10. The largest absolute Gasteiger partial charge is 0.481 e. The van der Waals surface area contributed by atoms with Crippen LogP contribution in [0.1, 0.15) is 67.4 Å². The number of carboxylic acid groups (broad SMARTS) is 1. The topological polar surface area (TPSA) is 95.5 Å². The van der Waals surface area contributed by atoms with Crippen LogP contribution in [-0.2, 0) is 17.6 Å². The number of carbonyl (C=O) groups is 3. The molecule has 0 bridgehead atoms. The first-order valence-electron chi connectivity index (χ1n) is 9.60. The van der Waals surface area contributed by atoms with Gasteiger partial charge in [0.25, 0.3) is 11.8 Å². The molecule has 0 aliphatic carbocycles. The quantitative estimate of drug-likeness (QED) is 0.595. The van der Waals surface area contributed by atoms with E-state index in [0.717, 1.165) is 33.6 Å². The minimum Gasteiger partial charge on any atom is -0.481 e. The lowest BCUT2D eigenvalue weighted by molar-refractivity contribution is -0.136. The minimum absolute atomic E-state index is 0.0440. The SMILES string of the molecule is Cc1cc(C(=O)NNC(=O)c2cc(CC(C)C)c(C)s2)cc(C)c1CCC(=O)O. The Balaban J connectivity index is 2.03. The first kappa shape index (κ1) is 22.6. The van der Waals surface area contributed by atoms with Gasteiger partial charge in [0.05, 0.1) is 4.88 Å². The van der Waals surface area contributed by atoms with Crippen LogP contribution in [0, 0.1) is 26.7 Å². The molecule has 2 rings (SSSR count). The van der Waals surface area contributed by atoms with Gasteiger partial charge in [-0.25, -0.2) is 0 Å². The molecule has 0 spiro atoms. The van der Waals surface area contributed by atoms with Crippen molar-refractivity contribution in [2.45, 2.75) is 53.9 Å². The number of aryl methyl sites for hydroxylation is 3.